The van der Waals surface area contributed by atoms with E-state index in [0.717, 1.165) is 0 Å². The number of hydrogen-bond acceptors (Lipinski definition) is 5. The molecule has 0 aromatic carbocycles. The van der Waals surface area contributed by atoms with Crippen LogP contribution in [0.3, 0.4) is 0 Å². The van der Waals surface area contributed by atoms with Crippen molar-refractivity contribution in [2.24, 2.45) is 13.0 Å². The van der Waals surface area contributed by atoms with Gasteiger partial charge in [-0.05, 0) is 6.42 Å². The summed E-state index contributed by atoms with van der Waals surface area (Å²) >= 11 is 0. The molecule has 1 fully saturated rings. The van der Waals surface area contributed by atoms with Crippen LogP contribution in [-0.2, 0) is 21.7 Å². The Morgan fingerprint density at radius 3 is 2.64 bits per heavy atom. The lowest BCUT2D eigenvalue weighted by atomic mass is 10.2. The van der Waals surface area contributed by atoms with Crippen molar-refractivity contribution in [2.45, 2.75) is 26.3 Å². The minimum Gasteiger partial charge on any atom is -0.347 e. The first-order valence-corrected chi connectivity index (χ1v) is 8.86. The topological polar surface area (TPSA) is 110 Å². The van der Waals surface area contributed by atoms with E-state index in [1.807, 2.05) is 0 Å². The summed E-state index contributed by atoms with van der Waals surface area (Å²) in [5, 5.41) is 9.38. The molecule has 0 unspecified atom stereocenters. The highest BCUT2D eigenvalue weighted by Crippen LogP contribution is 2.14. The average Bonchev–Trinajstić information content (AvgIpc) is 2.93. The number of sulfone groups is 1. The van der Waals surface area contributed by atoms with Crippen molar-refractivity contribution in [1.29, 1.82) is 0 Å². The number of nitrogens with one attached hydrogen (secondary N) is 2. The van der Waals surface area contributed by atoms with E-state index < -0.39 is 15.7 Å². The molecule has 2 N–H and O–H groups in total. The number of hydrogen-bond donors (Lipinski definition) is 2. The molecule has 122 valence electrons. The first kappa shape index (κ1) is 16.5. The molecule has 9 heteroatoms. The molecule has 1 saturated heterocycles. The third-order valence-electron chi connectivity index (χ3n) is 3.46. The van der Waals surface area contributed by atoms with Crippen LogP contribution in [-0.4, -0.2) is 47.6 Å². The summed E-state index contributed by atoms with van der Waals surface area (Å²) in [6, 6.07) is 1.09. The number of anilines is 1. The molecule has 2 amide bonds. The maximum absolute atomic E-state index is 12.1. The van der Waals surface area contributed by atoms with Gasteiger partial charge in [-0.3, -0.25) is 14.3 Å². The number of aromatic nitrogens is 2. The van der Waals surface area contributed by atoms with E-state index in [9.17, 15) is 18.0 Å². The molecule has 1 atom stereocenters. The molecule has 2 heterocycles. The van der Waals surface area contributed by atoms with Crippen LogP contribution in [0.4, 0.5) is 5.82 Å². The standard InChI is InChI=1S/C13H20N4O4S/c1-8(2)12(18)15-11-6-10(16-17(11)3)13(19)14-9-4-5-22(20,21)7-9/h6,8-9H,4-5,7H2,1-3H3,(H,14,19)(H,15,18)/t9-/m1/s1. The van der Waals surface area contributed by atoms with Gasteiger partial charge in [-0.25, -0.2) is 8.42 Å². The van der Waals surface area contributed by atoms with Crippen LogP contribution in [0.5, 0.6) is 0 Å². The summed E-state index contributed by atoms with van der Waals surface area (Å²) in [5.41, 5.74) is 0.144. The second kappa shape index (κ2) is 6.07. The highest BCUT2D eigenvalue weighted by molar-refractivity contribution is 7.91. The van der Waals surface area contributed by atoms with Gasteiger partial charge in [0.2, 0.25) is 5.91 Å². The van der Waals surface area contributed by atoms with Crippen LogP contribution in [0.25, 0.3) is 0 Å². The molecule has 22 heavy (non-hydrogen) atoms. The van der Waals surface area contributed by atoms with E-state index >= 15 is 0 Å². The van der Waals surface area contributed by atoms with Crippen LogP contribution in [0.15, 0.2) is 6.07 Å². The van der Waals surface area contributed by atoms with Crippen LogP contribution in [0.2, 0.25) is 0 Å². The van der Waals surface area contributed by atoms with Gasteiger partial charge < -0.3 is 10.6 Å². The lowest BCUT2D eigenvalue weighted by Crippen LogP contribution is -2.35. The Morgan fingerprint density at radius 2 is 2.09 bits per heavy atom. The third-order valence-corrected chi connectivity index (χ3v) is 5.22. The molecule has 0 bridgehead atoms. The van der Waals surface area contributed by atoms with E-state index in [0.29, 0.717) is 12.2 Å². The summed E-state index contributed by atoms with van der Waals surface area (Å²) in [5.74, 6) is -0.323. The lowest BCUT2D eigenvalue weighted by molar-refractivity contribution is -0.118. The number of carbonyl (C=O) groups excluding carboxylic acids is 2. The van der Waals surface area contributed by atoms with Crippen molar-refractivity contribution in [1.82, 2.24) is 15.1 Å². The highest BCUT2D eigenvalue weighted by Gasteiger charge is 2.29. The summed E-state index contributed by atoms with van der Waals surface area (Å²) in [6.45, 7) is 3.53. The smallest absolute Gasteiger partial charge is 0.272 e. The van der Waals surface area contributed by atoms with Crippen LogP contribution < -0.4 is 10.6 Å². The fourth-order valence-corrected chi connectivity index (χ4v) is 3.81. The molecular weight excluding hydrogens is 308 g/mol. The maximum Gasteiger partial charge on any atom is 0.272 e. The number of carbonyl (C=O) groups is 2. The Labute approximate surface area is 129 Å². The molecule has 8 nitrogen and oxygen atoms in total. The number of aryl methyl sites for hydroxylation is 1. The van der Waals surface area contributed by atoms with E-state index in [1.54, 1.807) is 20.9 Å². The van der Waals surface area contributed by atoms with Crippen LogP contribution >= 0.6 is 0 Å². The SMILES string of the molecule is CC(C)C(=O)Nc1cc(C(=O)N[C@@H]2CCS(=O)(=O)C2)nn1C. The molecule has 1 aliphatic rings. The van der Waals surface area contributed by atoms with E-state index in [-0.39, 0.29) is 35.1 Å². The van der Waals surface area contributed by atoms with Crippen molar-refractivity contribution in [3.8, 4) is 0 Å². The largest absolute Gasteiger partial charge is 0.347 e. The van der Waals surface area contributed by atoms with Crippen molar-refractivity contribution in [2.75, 3.05) is 16.8 Å². The average molecular weight is 328 g/mol. The summed E-state index contributed by atoms with van der Waals surface area (Å²) in [6.07, 6.45) is 0.415. The zero-order chi connectivity index (χ0) is 16.5. The van der Waals surface area contributed by atoms with Gasteiger partial charge >= 0.3 is 0 Å². The molecule has 0 radical (unpaired) electrons. The Kier molecular flexibility index (Phi) is 4.55. The van der Waals surface area contributed by atoms with Gasteiger partial charge in [0.05, 0.1) is 11.5 Å². The zero-order valence-corrected chi connectivity index (χ0v) is 13.6. The van der Waals surface area contributed by atoms with Crippen LogP contribution in [0.1, 0.15) is 30.8 Å². The molecule has 1 aromatic rings. The van der Waals surface area contributed by atoms with Gasteiger partial charge in [0.15, 0.2) is 15.5 Å². The van der Waals surface area contributed by atoms with E-state index in [4.69, 9.17) is 0 Å². The van der Waals surface area contributed by atoms with Crippen molar-refractivity contribution < 1.29 is 18.0 Å². The van der Waals surface area contributed by atoms with Gasteiger partial charge in [0.25, 0.3) is 5.91 Å². The molecule has 1 aromatic heterocycles. The number of rotatable bonds is 4. The molecular formula is C13H20N4O4S. The molecule has 0 spiro atoms. The molecule has 2 rings (SSSR count). The Morgan fingerprint density at radius 1 is 1.41 bits per heavy atom. The predicted octanol–water partition coefficient (Wildman–Crippen LogP) is -0.0685. The van der Waals surface area contributed by atoms with E-state index in [2.05, 4.69) is 15.7 Å². The predicted molar refractivity (Wildman–Crippen MR) is 81.2 cm³/mol. The zero-order valence-electron chi connectivity index (χ0n) is 12.8. The number of nitrogens with zero attached hydrogens (tertiary/aromatic N) is 2. The minimum absolute atomic E-state index is 0.0392. The molecule has 0 aliphatic carbocycles. The number of amides is 2. The maximum atomic E-state index is 12.1. The van der Waals surface area contributed by atoms with E-state index in [1.165, 1.54) is 10.7 Å². The van der Waals surface area contributed by atoms with Gasteiger partial charge in [-0.1, -0.05) is 13.8 Å². The van der Waals surface area contributed by atoms with Crippen LogP contribution in [0, 0.1) is 5.92 Å². The third kappa shape index (κ3) is 3.85. The Bertz CT molecular complexity index is 693. The monoisotopic (exact) mass is 328 g/mol. The second-order valence-corrected chi connectivity index (χ2v) is 7.98. The normalized spacial score (nSPS) is 20.1. The van der Waals surface area contributed by atoms with Gasteiger partial charge in [-0.15, -0.1) is 0 Å². The Hall–Kier alpha value is -1.90. The first-order chi connectivity index (χ1) is 10.2. The second-order valence-electron chi connectivity index (χ2n) is 5.76. The lowest BCUT2D eigenvalue weighted by Gasteiger charge is -2.08. The van der Waals surface area contributed by atoms with Gasteiger partial charge in [0, 0.05) is 25.1 Å². The molecule has 1 aliphatic heterocycles. The van der Waals surface area contributed by atoms with Crippen molar-refractivity contribution >= 4 is 27.5 Å². The summed E-state index contributed by atoms with van der Waals surface area (Å²) in [7, 11) is -1.43. The fraction of sp³-hybridized carbons (Fsp3) is 0.615. The molecule has 0 saturated carbocycles. The fourth-order valence-electron chi connectivity index (χ4n) is 2.13. The Balaban J connectivity index is 2.04. The summed E-state index contributed by atoms with van der Waals surface area (Å²) < 4.78 is 24.2. The highest BCUT2D eigenvalue weighted by atomic mass is 32.2. The quantitative estimate of drug-likeness (QED) is 0.804. The van der Waals surface area contributed by atoms with Gasteiger partial charge in [0.1, 0.15) is 5.82 Å². The first-order valence-electron chi connectivity index (χ1n) is 7.04. The summed E-state index contributed by atoms with van der Waals surface area (Å²) in [4.78, 5) is 23.8. The van der Waals surface area contributed by atoms with Crippen molar-refractivity contribution in [3.63, 3.8) is 0 Å². The van der Waals surface area contributed by atoms with Crippen molar-refractivity contribution in [3.05, 3.63) is 11.8 Å². The minimum atomic E-state index is -3.05. The van der Waals surface area contributed by atoms with Gasteiger partial charge in [-0.2, -0.15) is 5.10 Å².